The fourth-order valence-corrected chi connectivity index (χ4v) is 4.39. The van der Waals surface area contributed by atoms with Gasteiger partial charge in [-0.05, 0) is 66.6 Å². The maximum Gasteiger partial charge on any atom is 0.247 e. The van der Waals surface area contributed by atoms with E-state index < -0.39 is 0 Å². The number of methoxy groups -OCH3 is 1. The standard InChI is InChI=1S/C31H31N7O3/c1-5-28(39)36-22-8-6-7-21(16-22)29-30(32-13-14-40-4)33-18-34-31(29)37-23-9-12-27(20(2)15-23)41-24-10-11-26-25(17-24)35-19-38(26)3/h5-12,15-19H,1,13-14H2,2-4H3,(H,36,39)(H2,32,33,34,37). The van der Waals surface area contributed by atoms with E-state index in [4.69, 9.17) is 9.47 Å². The van der Waals surface area contributed by atoms with E-state index in [1.54, 1.807) is 13.4 Å². The Morgan fingerprint density at radius 2 is 1.88 bits per heavy atom. The molecule has 41 heavy (non-hydrogen) atoms. The van der Waals surface area contributed by atoms with Crippen LogP contribution < -0.4 is 20.7 Å². The average Bonchev–Trinajstić information content (AvgIpc) is 3.34. The summed E-state index contributed by atoms with van der Waals surface area (Å²) in [6.45, 7) is 6.58. The Hall–Kier alpha value is -5.22. The number of fused-ring (bicyclic) bond motifs is 1. The van der Waals surface area contributed by atoms with Gasteiger partial charge >= 0.3 is 0 Å². The number of benzene rings is 3. The molecule has 3 aromatic carbocycles. The van der Waals surface area contributed by atoms with E-state index in [-0.39, 0.29) is 5.91 Å². The van der Waals surface area contributed by atoms with Crippen LogP contribution in [0.25, 0.3) is 22.2 Å². The number of carbonyl (C=O) groups excluding carboxylic acids is 1. The number of hydrogen-bond donors (Lipinski definition) is 3. The molecule has 0 fully saturated rings. The van der Waals surface area contributed by atoms with E-state index in [9.17, 15) is 4.79 Å². The highest BCUT2D eigenvalue weighted by molar-refractivity contribution is 5.99. The largest absolute Gasteiger partial charge is 0.457 e. The van der Waals surface area contributed by atoms with Crippen LogP contribution >= 0.6 is 0 Å². The maximum atomic E-state index is 11.9. The van der Waals surface area contributed by atoms with Crippen LogP contribution in [0.5, 0.6) is 11.5 Å². The smallest absolute Gasteiger partial charge is 0.247 e. The lowest BCUT2D eigenvalue weighted by molar-refractivity contribution is -0.111. The van der Waals surface area contributed by atoms with Gasteiger partial charge in [-0.15, -0.1) is 0 Å². The van der Waals surface area contributed by atoms with Crippen LogP contribution in [0.4, 0.5) is 23.0 Å². The number of aromatic nitrogens is 4. The Morgan fingerprint density at radius 1 is 1.02 bits per heavy atom. The highest BCUT2D eigenvalue weighted by Crippen LogP contribution is 2.36. The molecule has 2 aromatic heterocycles. The van der Waals surface area contributed by atoms with Crippen LogP contribution in [0.15, 0.2) is 86.0 Å². The molecule has 0 atom stereocenters. The molecule has 0 unspecified atom stereocenters. The molecule has 10 heteroatoms. The third kappa shape index (κ3) is 6.34. The SMILES string of the molecule is C=CC(=O)Nc1cccc(-c2c(NCCOC)ncnc2Nc2ccc(Oc3ccc4c(c3)ncn4C)c(C)c2)c1. The quantitative estimate of drug-likeness (QED) is 0.135. The van der Waals surface area contributed by atoms with Gasteiger partial charge in [-0.1, -0.05) is 18.7 Å². The monoisotopic (exact) mass is 549 g/mol. The van der Waals surface area contributed by atoms with Gasteiger partial charge in [0.15, 0.2) is 0 Å². The first-order valence-corrected chi connectivity index (χ1v) is 13.0. The van der Waals surface area contributed by atoms with E-state index in [1.807, 2.05) is 79.2 Å². The van der Waals surface area contributed by atoms with E-state index in [0.29, 0.717) is 36.2 Å². The van der Waals surface area contributed by atoms with Crippen molar-refractivity contribution in [3.63, 3.8) is 0 Å². The molecule has 1 amide bonds. The summed E-state index contributed by atoms with van der Waals surface area (Å²) in [7, 11) is 3.61. The Labute approximate surface area is 238 Å². The normalized spacial score (nSPS) is 10.8. The van der Waals surface area contributed by atoms with Crippen molar-refractivity contribution in [2.75, 3.05) is 36.2 Å². The second kappa shape index (κ2) is 12.3. The lowest BCUT2D eigenvalue weighted by atomic mass is 10.1. The van der Waals surface area contributed by atoms with Gasteiger partial charge in [0.1, 0.15) is 29.5 Å². The highest BCUT2D eigenvalue weighted by Gasteiger charge is 2.16. The van der Waals surface area contributed by atoms with Gasteiger partial charge in [-0.2, -0.15) is 0 Å². The summed E-state index contributed by atoms with van der Waals surface area (Å²) < 4.78 is 13.4. The number of imidazole rings is 1. The summed E-state index contributed by atoms with van der Waals surface area (Å²) in [4.78, 5) is 25.4. The van der Waals surface area contributed by atoms with Crippen LogP contribution in [0.3, 0.4) is 0 Å². The van der Waals surface area contributed by atoms with E-state index in [1.165, 1.54) is 12.4 Å². The van der Waals surface area contributed by atoms with Crippen LogP contribution in [0, 0.1) is 6.92 Å². The molecule has 0 saturated heterocycles. The van der Waals surface area contributed by atoms with Gasteiger partial charge in [0.05, 0.1) is 29.5 Å². The zero-order chi connectivity index (χ0) is 28.8. The number of anilines is 4. The molecule has 208 valence electrons. The zero-order valence-electron chi connectivity index (χ0n) is 23.1. The third-order valence-corrected chi connectivity index (χ3v) is 6.41. The second-order valence-electron chi connectivity index (χ2n) is 9.35. The summed E-state index contributed by atoms with van der Waals surface area (Å²) in [6, 6.07) is 19.2. The number of nitrogens with one attached hydrogen (secondary N) is 3. The van der Waals surface area contributed by atoms with Crippen molar-refractivity contribution in [1.82, 2.24) is 19.5 Å². The van der Waals surface area contributed by atoms with Crippen LogP contribution in [-0.4, -0.2) is 45.7 Å². The van der Waals surface area contributed by atoms with Crippen molar-refractivity contribution < 1.29 is 14.3 Å². The molecule has 0 bridgehead atoms. The molecule has 2 heterocycles. The predicted octanol–water partition coefficient (Wildman–Crippen LogP) is 6.06. The van der Waals surface area contributed by atoms with Gasteiger partial charge in [0, 0.05) is 38.1 Å². The highest BCUT2D eigenvalue weighted by atomic mass is 16.5. The molecular weight excluding hydrogens is 518 g/mol. The Kier molecular flexibility index (Phi) is 8.21. The van der Waals surface area contributed by atoms with Crippen molar-refractivity contribution in [3.8, 4) is 22.6 Å². The van der Waals surface area contributed by atoms with Gasteiger partial charge in [-0.25, -0.2) is 15.0 Å². The molecule has 0 aliphatic carbocycles. The Balaban J connectivity index is 1.43. The average molecular weight is 550 g/mol. The van der Waals surface area contributed by atoms with Gasteiger partial charge in [-0.3, -0.25) is 4.79 Å². The number of nitrogens with zero attached hydrogens (tertiary/aromatic N) is 4. The molecule has 10 nitrogen and oxygen atoms in total. The van der Waals surface area contributed by atoms with E-state index in [2.05, 4.69) is 37.5 Å². The number of amides is 1. The van der Waals surface area contributed by atoms with Gasteiger partial charge in [0.2, 0.25) is 5.91 Å². The van der Waals surface area contributed by atoms with Crippen molar-refractivity contribution in [3.05, 3.63) is 91.5 Å². The molecule has 0 spiro atoms. The lowest BCUT2D eigenvalue weighted by Gasteiger charge is -2.17. The Morgan fingerprint density at radius 3 is 2.68 bits per heavy atom. The molecule has 0 radical (unpaired) electrons. The van der Waals surface area contributed by atoms with Gasteiger partial charge < -0.3 is 30.0 Å². The van der Waals surface area contributed by atoms with Crippen molar-refractivity contribution in [2.45, 2.75) is 6.92 Å². The Bertz CT molecular complexity index is 1710. The van der Waals surface area contributed by atoms with Crippen molar-refractivity contribution in [1.29, 1.82) is 0 Å². The second-order valence-corrected chi connectivity index (χ2v) is 9.35. The maximum absolute atomic E-state index is 11.9. The summed E-state index contributed by atoms with van der Waals surface area (Å²) in [5.74, 6) is 2.39. The first-order valence-electron chi connectivity index (χ1n) is 13.0. The summed E-state index contributed by atoms with van der Waals surface area (Å²) in [5.41, 5.74) is 5.88. The predicted molar refractivity (Wildman–Crippen MR) is 162 cm³/mol. The number of hydrogen-bond acceptors (Lipinski definition) is 8. The summed E-state index contributed by atoms with van der Waals surface area (Å²) in [5, 5.41) is 9.57. The number of rotatable bonds is 11. The fourth-order valence-electron chi connectivity index (χ4n) is 4.39. The van der Waals surface area contributed by atoms with Crippen molar-refractivity contribution >= 4 is 40.0 Å². The summed E-state index contributed by atoms with van der Waals surface area (Å²) in [6.07, 6.45) is 4.52. The molecule has 5 aromatic rings. The topological polar surface area (TPSA) is 115 Å². The first kappa shape index (κ1) is 27.4. The third-order valence-electron chi connectivity index (χ3n) is 6.41. The lowest BCUT2D eigenvalue weighted by Crippen LogP contribution is -2.11. The number of aryl methyl sites for hydroxylation is 2. The van der Waals surface area contributed by atoms with Crippen LogP contribution in [0.1, 0.15) is 5.56 Å². The van der Waals surface area contributed by atoms with E-state index >= 15 is 0 Å². The van der Waals surface area contributed by atoms with Crippen molar-refractivity contribution in [2.24, 2.45) is 7.05 Å². The minimum atomic E-state index is -0.291. The fraction of sp³-hybridized carbons (Fsp3) is 0.161. The first-order chi connectivity index (χ1) is 19.9. The number of carbonyl (C=O) groups is 1. The van der Waals surface area contributed by atoms with E-state index in [0.717, 1.165) is 39.2 Å². The van der Waals surface area contributed by atoms with Gasteiger partial charge in [0.25, 0.3) is 0 Å². The summed E-state index contributed by atoms with van der Waals surface area (Å²) >= 11 is 0. The van der Waals surface area contributed by atoms with Crippen LogP contribution in [-0.2, 0) is 16.6 Å². The molecule has 0 aliphatic heterocycles. The minimum Gasteiger partial charge on any atom is -0.457 e. The molecular formula is C31H31N7O3. The number of ether oxygens (including phenoxy) is 2. The minimum absolute atomic E-state index is 0.291. The molecule has 5 rings (SSSR count). The zero-order valence-corrected chi connectivity index (χ0v) is 23.1. The molecule has 0 aliphatic rings. The molecule has 3 N–H and O–H groups in total. The van der Waals surface area contributed by atoms with Crippen LogP contribution in [0.2, 0.25) is 0 Å². The molecule has 0 saturated carbocycles.